The topological polar surface area (TPSA) is 96.2 Å². The Morgan fingerprint density at radius 2 is 1.95 bits per heavy atom. The van der Waals surface area contributed by atoms with Crippen molar-refractivity contribution in [1.29, 1.82) is 0 Å². The monoisotopic (exact) mass is 308 g/mol. The van der Waals surface area contributed by atoms with E-state index in [9.17, 15) is 20.1 Å². The Kier molecular flexibility index (Phi) is 3.16. The molecule has 4 unspecified atom stereocenters. The lowest BCUT2D eigenvalue weighted by Crippen LogP contribution is -2.43. The van der Waals surface area contributed by atoms with E-state index in [-0.39, 0.29) is 35.5 Å². The molecule has 3 rings (SSSR count). The summed E-state index contributed by atoms with van der Waals surface area (Å²) in [6, 6.07) is 0. The fourth-order valence-electron chi connectivity index (χ4n) is 3.53. The number of hydrogen-bond acceptors (Lipinski definition) is 5. The molecule has 3 N–H and O–H groups in total. The number of rotatable bonds is 1. The zero-order valence-corrected chi connectivity index (χ0v) is 13.0. The van der Waals surface area contributed by atoms with Crippen LogP contribution in [0.2, 0.25) is 0 Å². The second-order valence-corrected chi connectivity index (χ2v) is 6.41. The van der Waals surface area contributed by atoms with E-state index in [0.717, 1.165) is 5.56 Å². The number of phenols is 1. The van der Waals surface area contributed by atoms with Gasteiger partial charge in [0.25, 0.3) is 0 Å². The lowest BCUT2D eigenvalue weighted by Gasteiger charge is -2.44. The van der Waals surface area contributed by atoms with Crippen molar-refractivity contribution < 1.29 is 29.6 Å². The van der Waals surface area contributed by atoms with Gasteiger partial charge in [-0.3, -0.25) is 0 Å². The molecular weight excluding hydrogens is 288 g/mol. The van der Waals surface area contributed by atoms with E-state index in [4.69, 9.17) is 9.47 Å². The quantitative estimate of drug-likeness (QED) is 0.737. The first-order valence-corrected chi connectivity index (χ1v) is 7.33. The molecule has 0 spiro atoms. The molecule has 22 heavy (non-hydrogen) atoms. The van der Waals surface area contributed by atoms with Gasteiger partial charge in [0.15, 0.2) is 0 Å². The van der Waals surface area contributed by atoms with Crippen LogP contribution in [0.4, 0.5) is 0 Å². The fourth-order valence-corrected chi connectivity index (χ4v) is 3.53. The fraction of sp³-hybridized carbons (Fsp3) is 0.562. The predicted octanol–water partition coefficient (Wildman–Crippen LogP) is 2.45. The molecule has 0 amide bonds. The number of aliphatic hydroxyl groups is 1. The molecule has 2 aliphatic heterocycles. The molecule has 6 heteroatoms. The third kappa shape index (κ3) is 1.98. The van der Waals surface area contributed by atoms with Crippen LogP contribution in [0.5, 0.6) is 11.5 Å². The number of aromatic carboxylic acids is 1. The van der Waals surface area contributed by atoms with Gasteiger partial charge < -0.3 is 24.8 Å². The number of benzene rings is 1. The number of carbonyl (C=O) groups is 1. The summed E-state index contributed by atoms with van der Waals surface area (Å²) in [5.74, 6) is -3.13. The number of ether oxygens (including phenoxy) is 2. The van der Waals surface area contributed by atoms with Crippen LogP contribution in [0.1, 0.15) is 66.3 Å². The summed E-state index contributed by atoms with van der Waals surface area (Å²) < 4.78 is 11.5. The molecule has 2 heterocycles. The highest BCUT2D eigenvalue weighted by molar-refractivity contribution is 5.96. The second kappa shape index (κ2) is 4.60. The van der Waals surface area contributed by atoms with Gasteiger partial charge in [-0.1, -0.05) is 6.92 Å². The number of carboxylic acid groups (broad SMARTS) is 1. The number of aromatic hydroxyl groups is 1. The maximum Gasteiger partial charge on any atom is 0.343 e. The van der Waals surface area contributed by atoms with Crippen molar-refractivity contribution in [2.45, 2.75) is 58.0 Å². The number of hydrogen-bond donors (Lipinski definition) is 3. The molecule has 0 saturated carbocycles. The average Bonchev–Trinajstić information content (AvgIpc) is 2.37. The van der Waals surface area contributed by atoms with Gasteiger partial charge in [-0.2, -0.15) is 0 Å². The van der Waals surface area contributed by atoms with Gasteiger partial charge in [-0.15, -0.1) is 0 Å². The highest BCUT2D eigenvalue weighted by Crippen LogP contribution is 2.54. The van der Waals surface area contributed by atoms with E-state index in [2.05, 4.69) is 0 Å². The molecule has 0 bridgehead atoms. The zero-order valence-electron chi connectivity index (χ0n) is 13.0. The first-order valence-electron chi connectivity index (χ1n) is 7.33. The molecule has 4 atom stereocenters. The van der Waals surface area contributed by atoms with Crippen LogP contribution in [0, 0.1) is 6.92 Å². The lowest BCUT2D eigenvalue weighted by molar-refractivity contribution is -0.179. The van der Waals surface area contributed by atoms with Crippen molar-refractivity contribution in [2.24, 2.45) is 0 Å². The van der Waals surface area contributed by atoms with Crippen LogP contribution in [0.25, 0.3) is 0 Å². The van der Waals surface area contributed by atoms with Crippen molar-refractivity contribution in [3.63, 3.8) is 0 Å². The zero-order chi connectivity index (χ0) is 16.4. The average molecular weight is 308 g/mol. The molecule has 0 saturated heterocycles. The minimum Gasteiger partial charge on any atom is -0.507 e. The van der Waals surface area contributed by atoms with E-state index < -0.39 is 17.9 Å². The van der Waals surface area contributed by atoms with Crippen molar-refractivity contribution in [1.82, 2.24) is 0 Å². The second-order valence-electron chi connectivity index (χ2n) is 6.41. The van der Waals surface area contributed by atoms with E-state index in [1.807, 2.05) is 13.8 Å². The highest BCUT2D eigenvalue weighted by atomic mass is 16.6. The molecule has 0 aliphatic carbocycles. The van der Waals surface area contributed by atoms with E-state index in [0.29, 0.717) is 11.1 Å². The molecular formula is C16H20O6. The summed E-state index contributed by atoms with van der Waals surface area (Å²) in [5, 5.41) is 30.1. The minimum absolute atomic E-state index is 0.00889. The Hall–Kier alpha value is -1.79. The SMILES string of the molecule is Cc1c(O)c(C(=O)O)c2c3c1C(C)C(C)OC3CC(C)(O)O2. The van der Waals surface area contributed by atoms with Gasteiger partial charge in [0.1, 0.15) is 17.1 Å². The first-order chi connectivity index (χ1) is 10.1. The summed E-state index contributed by atoms with van der Waals surface area (Å²) in [7, 11) is 0. The molecule has 0 fully saturated rings. The van der Waals surface area contributed by atoms with E-state index >= 15 is 0 Å². The van der Waals surface area contributed by atoms with Crippen molar-refractivity contribution in [2.75, 3.05) is 0 Å². The third-order valence-electron chi connectivity index (χ3n) is 4.72. The van der Waals surface area contributed by atoms with Gasteiger partial charge in [-0.25, -0.2) is 4.79 Å². The van der Waals surface area contributed by atoms with Gasteiger partial charge >= 0.3 is 5.97 Å². The van der Waals surface area contributed by atoms with Gasteiger partial charge in [0.2, 0.25) is 5.79 Å². The van der Waals surface area contributed by atoms with Crippen molar-refractivity contribution in [3.05, 3.63) is 22.3 Å². The van der Waals surface area contributed by atoms with Crippen LogP contribution in [0.3, 0.4) is 0 Å². The van der Waals surface area contributed by atoms with Crippen LogP contribution in [0.15, 0.2) is 0 Å². The first kappa shape index (κ1) is 15.1. The van der Waals surface area contributed by atoms with Crippen LogP contribution in [-0.4, -0.2) is 33.2 Å². The molecule has 120 valence electrons. The molecule has 2 aliphatic rings. The summed E-state index contributed by atoms with van der Waals surface area (Å²) in [6.07, 6.45) is -0.335. The Bertz CT molecular complexity index is 663. The highest BCUT2D eigenvalue weighted by Gasteiger charge is 2.46. The van der Waals surface area contributed by atoms with Gasteiger partial charge in [0, 0.05) is 24.8 Å². The molecule has 0 aromatic heterocycles. The summed E-state index contributed by atoms with van der Waals surface area (Å²) in [6.45, 7) is 7.06. The Morgan fingerprint density at radius 3 is 2.55 bits per heavy atom. The summed E-state index contributed by atoms with van der Waals surface area (Å²) in [5.41, 5.74) is 1.72. The third-order valence-corrected chi connectivity index (χ3v) is 4.72. The molecule has 1 aromatic rings. The number of carboxylic acids is 1. The summed E-state index contributed by atoms with van der Waals surface area (Å²) >= 11 is 0. The minimum atomic E-state index is -1.54. The van der Waals surface area contributed by atoms with Crippen molar-refractivity contribution >= 4 is 5.97 Å². The molecule has 0 radical (unpaired) electrons. The van der Waals surface area contributed by atoms with Crippen molar-refractivity contribution in [3.8, 4) is 11.5 Å². The molecule has 1 aromatic carbocycles. The van der Waals surface area contributed by atoms with Crippen LogP contribution >= 0.6 is 0 Å². The smallest absolute Gasteiger partial charge is 0.343 e. The van der Waals surface area contributed by atoms with Crippen LogP contribution < -0.4 is 4.74 Å². The Labute approximate surface area is 128 Å². The maximum absolute atomic E-state index is 11.6. The van der Waals surface area contributed by atoms with Crippen LogP contribution in [-0.2, 0) is 4.74 Å². The summed E-state index contributed by atoms with van der Waals surface area (Å²) in [4.78, 5) is 11.6. The molecule has 6 nitrogen and oxygen atoms in total. The van der Waals surface area contributed by atoms with E-state index in [1.54, 1.807) is 6.92 Å². The van der Waals surface area contributed by atoms with E-state index in [1.165, 1.54) is 6.92 Å². The Balaban J connectivity index is 2.38. The normalized spacial score (nSPS) is 33.0. The maximum atomic E-state index is 11.6. The lowest BCUT2D eigenvalue weighted by atomic mass is 9.78. The van der Waals surface area contributed by atoms with Gasteiger partial charge in [-0.05, 0) is 25.0 Å². The van der Waals surface area contributed by atoms with Gasteiger partial charge in [0.05, 0.1) is 12.2 Å². The predicted molar refractivity (Wildman–Crippen MR) is 77.4 cm³/mol. The standard InChI is InChI=1S/C16H20O6/c1-6-8(3)21-9-5-16(4,20)22-14-11(9)10(6)7(2)13(17)12(14)15(18)19/h6,8-9,17,20H,5H2,1-4H3,(H,18,19). The Morgan fingerprint density at radius 1 is 1.32 bits per heavy atom. The largest absolute Gasteiger partial charge is 0.507 e.